The summed E-state index contributed by atoms with van der Waals surface area (Å²) >= 11 is 1.14. The standard InChI is InChI=1S/C14H21N3O5S2/c1-16(24(21,22)12-5-3-9-23-12)8-6-15-14(20)17-7-2-4-11(10-17)13(18)19/h3,5,9,11H,2,4,6-8,10H2,1H3,(H,15,20)(H,18,19). The lowest BCUT2D eigenvalue weighted by molar-refractivity contribution is -0.143. The van der Waals surface area contributed by atoms with Gasteiger partial charge in [-0.1, -0.05) is 6.07 Å². The quantitative estimate of drug-likeness (QED) is 0.767. The minimum absolute atomic E-state index is 0.141. The smallest absolute Gasteiger partial charge is 0.317 e. The number of piperidine rings is 1. The predicted octanol–water partition coefficient (Wildman–Crippen LogP) is 0.875. The highest BCUT2D eigenvalue weighted by molar-refractivity contribution is 7.91. The van der Waals surface area contributed by atoms with Gasteiger partial charge in [0.15, 0.2) is 0 Å². The van der Waals surface area contributed by atoms with E-state index in [2.05, 4.69) is 5.32 Å². The van der Waals surface area contributed by atoms with E-state index >= 15 is 0 Å². The number of carbonyl (C=O) groups excluding carboxylic acids is 1. The lowest BCUT2D eigenvalue weighted by atomic mass is 9.99. The van der Waals surface area contributed by atoms with Gasteiger partial charge < -0.3 is 15.3 Å². The molecule has 1 aromatic heterocycles. The molecule has 2 amide bonds. The third-order valence-electron chi connectivity index (χ3n) is 3.92. The molecule has 1 aliphatic heterocycles. The molecular weight excluding hydrogens is 354 g/mol. The number of nitrogens with one attached hydrogen (secondary N) is 1. The Kier molecular flexibility index (Phi) is 6.19. The summed E-state index contributed by atoms with van der Waals surface area (Å²) in [6.07, 6.45) is 1.22. The van der Waals surface area contributed by atoms with E-state index in [1.807, 2.05) is 0 Å². The highest BCUT2D eigenvalue weighted by Crippen LogP contribution is 2.19. The first-order valence-corrected chi connectivity index (χ1v) is 9.89. The van der Waals surface area contributed by atoms with E-state index in [4.69, 9.17) is 5.11 Å². The monoisotopic (exact) mass is 375 g/mol. The van der Waals surface area contributed by atoms with Crippen molar-refractivity contribution in [1.82, 2.24) is 14.5 Å². The number of carboxylic acid groups (broad SMARTS) is 1. The van der Waals surface area contributed by atoms with Crippen molar-refractivity contribution in [3.63, 3.8) is 0 Å². The molecule has 2 N–H and O–H groups in total. The van der Waals surface area contributed by atoms with E-state index in [1.54, 1.807) is 11.4 Å². The first kappa shape index (κ1) is 18.7. The second-order valence-electron chi connectivity index (χ2n) is 5.61. The van der Waals surface area contributed by atoms with E-state index in [9.17, 15) is 18.0 Å². The van der Waals surface area contributed by atoms with Crippen LogP contribution in [0.4, 0.5) is 4.79 Å². The van der Waals surface area contributed by atoms with Crippen molar-refractivity contribution < 1.29 is 23.1 Å². The lowest BCUT2D eigenvalue weighted by Gasteiger charge is -2.30. The largest absolute Gasteiger partial charge is 0.481 e. The summed E-state index contributed by atoms with van der Waals surface area (Å²) in [7, 11) is -2.07. The first-order chi connectivity index (χ1) is 11.3. The Bertz CT molecular complexity index is 675. The van der Waals surface area contributed by atoms with Crippen LogP contribution in [0.25, 0.3) is 0 Å². The lowest BCUT2D eigenvalue weighted by Crippen LogP contribution is -2.48. The minimum atomic E-state index is -3.53. The van der Waals surface area contributed by atoms with Gasteiger partial charge in [0.1, 0.15) is 4.21 Å². The second-order valence-corrected chi connectivity index (χ2v) is 8.83. The zero-order valence-electron chi connectivity index (χ0n) is 13.3. The summed E-state index contributed by atoms with van der Waals surface area (Å²) in [6.45, 7) is 1.000. The van der Waals surface area contributed by atoms with E-state index in [0.717, 1.165) is 11.3 Å². The molecule has 0 saturated carbocycles. The topological polar surface area (TPSA) is 107 Å². The predicted molar refractivity (Wildman–Crippen MR) is 89.5 cm³/mol. The molecule has 1 unspecified atom stereocenters. The van der Waals surface area contributed by atoms with Crippen molar-refractivity contribution in [1.29, 1.82) is 0 Å². The average Bonchev–Trinajstić information content (AvgIpc) is 3.09. The average molecular weight is 375 g/mol. The molecule has 0 bridgehead atoms. The Hall–Kier alpha value is -1.65. The molecule has 0 aromatic carbocycles. The van der Waals surface area contributed by atoms with Crippen molar-refractivity contribution in [3.05, 3.63) is 17.5 Å². The fourth-order valence-electron chi connectivity index (χ4n) is 2.48. The van der Waals surface area contributed by atoms with Crippen LogP contribution in [0.3, 0.4) is 0 Å². The Morgan fingerprint density at radius 1 is 1.50 bits per heavy atom. The fourth-order valence-corrected chi connectivity index (χ4v) is 4.85. The van der Waals surface area contributed by atoms with Gasteiger partial charge in [-0.25, -0.2) is 13.2 Å². The molecule has 1 aromatic rings. The molecule has 0 spiro atoms. The maximum atomic E-state index is 12.2. The number of carboxylic acids is 1. The molecule has 1 aliphatic rings. The maximum absolute atomic E-state index is 12.2. The molecule has 1 fully saturated rings. The number of hydrogen-bond acceptors (Lipinski definition) is 5. The van der Waals surface area contributed by atoms with Crippen LogP contribution in [0.1, 0.15) is 12.8 Å². The maximum Gasteiger partial charge on any atom is 0.317 e. The number of aliphatic carboxylic acids is 1. The fraction of sp³-hybridized carbons (Fsp3) is 0.571. The second kappa shape index (κ2) is 7.95. The number of hydrogen-bond donors (Lipinski definition) is 2. The van der Waals surface area contributed by atoms with Gasteiger partial charge in [-0.2, -0.15) is 4.31 Å². The van der Waals surface area contributed by atoms with Gasteiger partial charge >= 0.3 is 12.0 Å². The molecule has 2 heterocycles. The summed E-state index contributed by atoms with van der Waals surface area (Å²) < 4.78 is 25.9. The summed E-state index contributed by atoms with van der Waals surface area (Å²) in [5, 5.41) is 13.4. The zero-order valence-corrected chi connectivity index (χ0v) is 15.0. The van der Waals surface area contributed by atoms with E-state index in [-0.39, 0.29) is 29.9 Å². The summed E-state index contributed by atoms with van der Waals surface area (Å²) in [6, 6.07) is 2.85. The van der Waals surface area contributed by atoms with E-state index in [0.29, 0.717) is 19.4 Å². The highest BCUT2D eigenvalue weighted by atomic mass is 32.2. The molecular formula is C14H21N3O5S2. The van der Waals surface area contributed by atoms with Crippen LogP contribution < -0.4 is 5.32 Å². The Balaban J connectivity index is 1.81. The number of carbonyl (C=O) groups is 2. The van der Waals surface area contributed by atoms with Crippen LogP contribution in [0.2, 0.25) is 0 Å². The van der Waals surface area contributed by atoms with Crippen LogP contribution in [0.15, 0.2) is 21.7 Å². The Morgan fingerprint density at radius 3 is 2.88 bits per heavy atom. The molecule has 24 heavy (non-hydrogen) atoms. The molecule has 1 atom stereocenters. The van der Waals surface area contributed by atoms with E-state index < -0.39 is 21.9 Å². The summed E-state index contributed by atoms with van der Waals surface area (Å²) in [4.78, 5) is 24.6. The SMILES string of the molecule is CN(CCNC(=O)N1CCCC(C(=O)O)C1)S(=O)(=O)c1cccs1. The van der Waals surface area contributed by atoms with Crippen molar-refractivity contribution in [2.75, 3.05) is 33.2 Å². The normalized spacial score (nSPS) is 18.6. The van der Waals surface area contributed by atoms with Gasteiger partial charge in [-0.05, 0) is 24.3 Å². The van der Waals surface area contributed by atoms with Crippen LogP contribution in [-0.2, 0) is 14.8 Å². The Labute approximate surface area is 145 Å². The number of likely N-dealkylation sites (N-methyl/N-ethyl adjacent to an activating group) is 1. The summed E-state index contributed by atoms with van der Waals surface area (Å²) in [5.74, 6) is -1.43. The number of amides is 2. The summed E-state index contributed by atoms with van der Waals surface area (Å²) in [5.41, 5.74) is 0. The van der Waals surface area contributed by atoms with Crippen LogP contribution in [-0.4, -0.2) is 68.0 Å². The van der Waals surface area contributed by atoms with Crippen molar-refractivity contribution in [2.45, 2.75) is 17.1 Å². The molecule has 0 radical (unpaired) electrons. The van der Waals surface area contributed by atoms with Gasteiger partial charge in [0.25, 0.3) is 10.0 Å². The molecule has 1 saturated heterocycles. The number of rotatable bonds is 6. The zero-order chi connectivity index (χ0) is 17.7. The van der Waals surface area contributed by atoms with Gasteiger partial charge in [0, 0.05) is 33.2 Å². The number of likely N-dealkylation sites (tertiary alicyclic amines) is 1. The van der Waals surface area contributed by atoms with E-state index in [1.165, 1.54) is 22.3 Å². The van der Waals surface area contributed by atoms with Gasteiger partial charge in [-0.15, -0.1) is 11.3 Å². The third kappa shape index (κ3) is 4.46. The third-order valence-corrected chi connectivity index (χ3v) is 7.15. The van der Waals surface area contributed by atoms with Gasteiger partial charge in [0.2, 0.25) is 0 Å². The molecule has 10 heteroatoms. The molecule has 0 aliphatic carbocycles. The first-order valence-electron chi connectivity index (χ1n) is 7.58. The molecule has 134 valence electrons. The molecule has 8 nitrogen and oxygen atoms in total. The van der Waals surface area contributed by atoms with Crippen LogP contribution >= 0.6 is 11.3 Å². The number of urea groups is 1. The molecule has 2 rings (SSSR count). The minimum Gasteiger partial charge on any atom is -0.481 e. The number of nitrogens with zero attached hydrogens (tertiary/aromatic N) is 2. The van der Waals surface area contributed by atoms with Crippen LogP contribution in [0, 0.1) is 5.92 Å². The van der Waals surface area contributed by atoms with Crippen molar-refractivity contribution >= 4 is 33.4 Å². The van der Waals surface area contributed by atoms with Crippen molar-refractivity contribution in [3.8, 4) is 0 Å². The Morgan fingerprint density at radius 2 is 2.25 bits per heavy atom. The van der Waals surface area contributed by atoms with Gasteiger partial charge in [-0.3, -0.25) is 4.79 Å². The van der Waals surface area contributed by atoms with Gasteiger partial charge in [0.05, 0.1) is 5.92 Å². The number of thiophene rings is 1. The number of sulfonamides is 1. The van der Waals surface area contributed by atoms with Crippen LogP contribution in [0.5, 0.6) is 0 Å². The highest BCUT2D eigenvalue weighted by Gasteiger charge is 2.28. The van der Waals surface area contributed by atoms with Crippen molar-refractivity contribution in [2.24, 2.45) is 5.92 Å².